The summed E-state index contributed by atoms with van der Waals surface area (Å²) < 4.78 is 13.4. The second-order valence-electron chi connectivity index (χ2n) is 3.28. The van der Waals surface area contributed by atoms with Gasteiger partial charge in [-0.2, -0.15) is 0 Å². The van der Waals surface area contributed by atoms with E-state index in [0.717, 1.165) is 0 Å². The molecule has 0 saturated heterocycles. The minimum atomic E-state index is -0.290. The molecule has 1 heterocycles. The molecular weight excluding hydrogens is 181 g/mol. The molecule has 0 saturated carbocycles. The molecule has 1 aliphatic heterocycles. The normalized spacial score (nSPS) is 13.4. The van der Waals surface area contributed by atoms with E-state index in [0.29, 0.717) is 22.0 Å². The van der Waals surface area contributed by atoms with Gasteiger partial charge in [0, 0.05) is 22.0 Å². The molecule has 1 aliphatic rings. The lowest BCUT2D eigenvalue weighted by molar-refractivity contribution is 0.103. The Labute approximate surface area is 79.3 Å². The summed E-state index contributed by atoms with van der Waals surface area (Å²) in [7, 11) is 0. The lowest BCUT2D eigenvalue weighted by Crippen LogP contribution is -2.03. The van der Waals surface area contributed by atoms with Crippen LogP contribution in [0, 0.1) is 5.82 Å². The van der Waals surface area contributed by atoms with Crippen LogP contribution in [-0.4, -0.2) is 5.91 Å². The van der Waals surface area contributed by atoms with Crippen molar-refractivity contribution in [2.45, 2.75) is 0 Å². The molecule has 1 N–H and O–H groups in total. The number of carbonyl (C=O) groups excluding carboxylic acids is 1. The highest BCUT2D eigenvalue weighted by Gasteiger charge is 2.21. The molecule has 3 heteroatoms. The predicted octanol–water partition coefficient (Wildman–Crippen LogP) is 2.54. The SMILES string of the molecule is O=C1Nc2cccc3c(F)ccc1c23. The van der Waals surface area contributed by atoms with Crippen LogP contribution >= 0.6 is 0 Å². The quantitative estimate of drug-likeness (QED) is 0.674. The Morgan fingerprint density at radius 2 is 2.00 bits per heavy atom. The van der Waals surface area contributed by atoms with Gasteiger partial charge in [-0.15, -0.1) is 0 Å². The number of anilines is 1. The van der Waals surface area contributed by atoms with Gasteiger partial charge in [0.05, 0.1) is 0 Å². The largest absolute Gasteiger partial charge is 0.321 e. The van der Waals surface area contributed by atoms with Gasteiger partial charge in [-0.3, -0.25) is 4.79 Å². The molecule has 0 bridgehead atoms. The van der Waals surface area contributed by atoms with Crippen LogP contribution in [0.3, 0.4) is 0 Å². The Hall–Kier alpha value is -1.90. The van der Waals surface area contributed by atoms with Crippen molar-refractivity contribution in [3.8, 4) is 0 Å². The molecule has 0 atom stereocenters. The maximum absolute atomic E-state index is 13.4. The van der Waals surface area contributed by atoms with Crippen LogP contribution < -0.4 is 5.32 Å². The zero-order chi connectivity index (χ0) is 9.71. The molecular formula is C11H6FNO. The van der Waals surface area contributed by atoms with Gasteiger partial charge in [0.2, 0.25) is 0 Å². The molecule has 68 valence electrons. The van der Waals surface area contributed by atoms with Gasteiger partial charge in [0.1, 0.15) is 5.82 Å². The van der Waals surface area contributed by atoms with Crippen LogP contribution in [0.25, 0.3) is 10.8 Å². The molecule has 1 amide bonds. The van der Waals surface area contributed by atoms with E-state index in [1.54, 1.807) is 18.2 Å². The van der Waals surface area contributed by atoms with Gasteiger partial charge in [-0.25, -0.2) is 4.39 Å². The highest BCUT2D eigenvalue weighted by atomic mass is 19.1. The van der Waals surface area contributed by atoms with Gasteiger partial charge in [-0.1, -0.05) is 12.1 Å². The molecule has 0 aliphatic carbocycles. The molecule has 0 aromatic heterocycles. The molecule has 14 heavy (non-hydrogen) atoms. The Morgan fingerprint density at radius 3 is 2.86 bits per heavy atom. The molecule has 0 spiro atoms. The summed E-state index contributed by atoms with van der Waals surface area (Å²) in [4.78, 5) is 11.4. The monoisotopic (exact) mass is 187 g/mol. The average Bonchev–Trinajstić information content (AvgIpc) is 2.50. The average molecular weight is 187 g/mol. The van der Waals surface area contributed by atoms with E-state index in [9.17, 15) is 9.18 Å². The first kappa shape index (κ1) is 7.50. The van der Waals surface area contributed by atoms with Crippen LogP contribution in [0.1, 0.15) is 10.4 Å². The van der Waals surface area contributed by atoms with Gasteiger partial charge in [-0.05, 0) is 18.2 Å². The Morgan fingerprint density at radius 1 is 1.14 bits per heavy atom. The van der Waals surface area contributed by atoms with E-state index < -0.39 is 0 Å². The van der Waals surface area contributed by atoms with Crippen LogP contribution in [0.5, 0.6) is 0 Å². The van der Waals surface area contributed by atoms with Crippen LogP contribution in [0.2, 0.25) is 0 Å². The Bertz CT molecular complexity index is 562. The number of rotatable bonds is 0. The van der Waals surface area contributed by atoms with E-state index in [1.807, 2.05) is 0 Å². The minimum absolute atomic E-state index is 0.156. The summed E-state index contributed by atoms with van der Waals surface area (Å²) in [5.41, 5.74) is 1.25. The number of benzene rings is 2. The Balaban J connectivity index is 2.59. The second-order valence-corrected chi connectivity index (χ2v) is 3.28. The number of hydrogen-bond acceptors (Lipinski definition) is 1. The fraction of sp³-hybridized carbons (Fsp3) is 0. The Kier molecular flexibility index (Phi) is 1.24. The summed E-state index contributed by atoms with van der Waals surface area (Å²) in [6.07, 6.45) is 0. The zero-order valence-corrected chi connectivity index (χ0v) is 7.17. The fourth-order valence-electron chi connectivity index (χ4n) is 1.85. The summed E-state index contributed by atoms with van der Waals surface area (Å²) in [6, 6.07) is 8.03. The third-order valence-electron chi connectivity index (χ3n) is 2.48. The van der Waals surface area contributed by atoms with E-state index in [-0.39, 0.29) is 11.7 Å². The van der Waals surface area contributed by atoms with Crippen LogP contribution in [-0.2, 0) is 0 Å². The standard InChI is InChI=1S/C11H6FNO/c12-8-5-4-7-10-6(8)2-1-3-9(10)13-11(7)14/h1-5H,(H,13,14). The molecule has 0 unspecified atom stereocenters. The summed E-state index contributed by atoms with van der Waals surface area (Å²) in [5.74, 6) is -0.446. The van der Waals surface area contributed by atoms with Crippen molar-refractivity contribution in [3.63, 3.8) is 0 Å². The predicted molar refractivity (Wildman–Crippen MR) is 51.9 cm³/mol. The minimum Gasteiger partial charge on any atom is -0.321 e. The van der Waals surface area contributed by atoms with Crippen LogP contribution in [0.15, 0.2) is 30.3 Å². The van der Waals surface area contributed by atoms with Crippen molar-refractivity contribution in [2.75, 3.05) is 5.32 Å². The number of nitrogens with one attached hydrogen (secondary N) is 1. The summed E-state index contributed by atoms with van der Waals surface area (Å²) in [5, 5.41) is 3.88. The first-order chi connectivity index (χ1) is 6.77. The van der Waals surface area contributed by atoms with Gasteiger partial charge in [0.25, 0.3) is 5.91 Å². The van der Waals surface area contributed by atoms with E-state index in [2.05, 4.69) is 5.32 Å². The lowest BCUT2D eigenvalue weighted by Gasteiger charge is -1.99. The van der Waals surface area contributed by atoms with E-state index in [4.69, 9.17) is 0 Å². The maximum Gasteiger partial charge on any atom is 0.256 e. The van der Waals surface area contributed by atoms with Gasteiger partial charge >= 0.3 is 0 Å². The fourth-order valence-corrected chi connectivity index (χ4v) is 1.85. The van der Waals surface area contributed by atoms with E-state index >= 15 is 0 Å². The molecule has 0 fully saturated rings. The van der Waals surface area contributed by atoms with Crippen molar-refractivity contribution in [3.05, 3.63) is 41.7 Å². The molecule has 2 aromatic carbocycles. The molecule has 2 aromatic rings. The number of halogens is 1. The summed E-state index contributed by atoms with van der Waals surface area (Å²) >= 11 is 0. The van der Waals surface area contributed by atoms with E-state index in [1.165, 1.54) is 12.1 Å². The molecule has 0 radical (unpaired) electrons. The smallest absolute Gasteiger partial charge is 0.256 e. The third kappa shape index (κ3) is 0.763. The zero-order valence-electron chi connectivity index (χ0n) is 7.17. The second kappa shape index (κ2) is 2.32. The first-order valence-corrected chi connectivity index (χ1v) is 4.30. The number of amides is 1. The topological polar surface area (TPSA) is 29.1 Å². The molecule has 3 rings (SSSR count). The third-order valence-corrected chi connectivity index (χ3v) is 2.48. The number of carbonyl (C=O) groups is 1. The first-order valence-electron chi connectivity index (χ1n) is 4.30. The van der Waals surface area contributed by atoms with Crippen molar-refractivity contribution in [2.24, 2.45) is 0 Å². The lowest BCUT2D eigenvalue weighted by atomic mass is 10.1. The highest BCUT2D eigenvalue weighted by Crippen LogP contribution is 2.33. The molecule has 2 nitrogen and oxygen atoms in total. The van der Waals surface area contributed by atoms with Gasteiger partial charge in [0.15, 0.2) is 0 Å². The number of hydrogen-bond donors (Lipinski definition) is 1. The van der Waals surface area contributed by atoms with Crippen molar-refractivity contribution < 1.29 is 9.18 Å². The summed E-state index contributed by atoms with van der Waals surface area (Å²) in [6.45, 7) is 0. The van der Waals surface area contributed by atoms with Crippen molar-refractivity contribution >= 4 is 22.4 Å². The van der Waals surface area contributed by atoms with Crippen molar-refractivity contribution in [1.82, 2.24) is 0 Å². The van der Waals surface area contributed by atoms with Gasteiger partial charge < -0.3 is 5.32 Å². The maximum atomic E-state index is 13.4. The van der Waals surface area contributed by atoms with Crippen molar-refractivity contribution in [1.29, 1.82) is 0 Å². The highest BCUT2D eigenvalue weighted by molar-refractivity contribution is 6.23. The van der Waals surface area contributed by atoms with Crippen LogP contribution in [0.4, 0.5) is 10.1 Å².